The number of anilines is 1. The van der Waals surface area contributed by atoms with Crippen molar-refractivity contribution in [3.8, 4) is 0 Å². The Balaban J connectivity index is 1.68. The molecule has 2 aromatic heterocycles. The average molecular weight is 462 g/mol. The van der Waals surface area contributed by atoms with Gasteiger partial charge in [-0.15, -0.1) is 11.3 Å². The van der Waals surface area contributed by atoms with E-state index in [0.717, 1.165) is 36.1 Å². The molecule has 3 rings (SSSR count). The second-order valence-electron chi connectivity index (χ2n) is 7.57. The highest BCUT2D eigenvalue weighted by Crippen LogP contribution is 2.38. The molecule has 0 aromatic carbocycles. The molecule has 9 nitrogen and oxygen atoms in total. The Morgan fingerprint density at radius 3 is 2.62 bits per heavy atom. The van der Waals surface area contributed by atoms with Crippen LogP contribution in [0, 0.1) is 0 Å². The number of hydrogen-bond acceptors (Lipinski definition) is 7. The minimum atomic E-state index is -0.710. The third-order valence-corrected chi connectivity index (χ3v) is 6.41. The SMILES string of the molecule is COCCNC(=O)c1c(NC(=O)COC(=O)c2cc(C(C)=O)cn2C)sc2c1CCCC2. The number of fused-ring (bicyclic) bond motifs is 1. The summed E-state index contributed by atoms with van der Waals surface area (Å²) in [7, 11) is 3.18. The van der Waals surface area contributed by atoms with Crippen molar-refractivity contribution >= 4 is 39.9 Å². The molecule has 0 saturated heterocycles. The third-order valence-electron chi connectivity index (χ3n) is 5.20. The van der Waals surface area contributed by atoms with Crippen molar-refractivity contribution < 1.29 is 28.7 Å². The van der Waals surface area contributed by atoms with Crippen molar-refractivity contribution in [2.24, 2.45) is 7.05 Å². The highest BCUT2D eigenvalue weighted by molar-refractivity contribution is 7.17. The van der Waals surface area contributed by atoms with Gasteiger partial charge in [0.2, 0.25) is 0 Å². The first kappa shape index (κ1) is 23.7. The van der Waals surface area contributed by atoms with Gasteiger partial charge in [-0.2, -0.15) is 0 Å². The summed E-state index contributed by atoms with van der Waals surface area (Å²) in [5, 5.41) is 6.01. The van der Waals surface area contributed by atoms with Crippen LogP contribution in [-0.4, -0.2) is 55.0 Å². The van der Waals surface area contributed by atoms with Crippen LogP contribution in [0.4, 0.5) is 5.00 Å². The fourth-order valence-electron chi connectivity index (χ4n) is 3.58. The molecule has 2 N–H and O–H groups in total. The van der Waals surface area contributed by atoms with Gasteiger partial charge in [0.15, 0.2) is 12.4 Å². The molecule has 1 aliphatic rings. The van der Waals surface area contributed by atoms with Crippen LogP contribution < -0.4 is 10.6 Å². The normalized spacial score (nSPS) is 12.7. The first-order chi connectivity index (χ1) is 15.3. The lowest BCUT2D eigenvalue weighted by Gasteiger charge is -2.13. The van der Waals surface area contributed by atoms with E-state index in [2.05, 4.69) is 10.6 Å². The van der Waals surface area contributed by atoms with Gasteiger partial charge in [-0.1, -0.05) is 0 Å². The van der Waals surface area contributed by atoms with Gasteiger partial charge in [-0.25, -0.2) is 4.79 Å². The summed E-state index contributed by atoms with van der Waals surface area (Å²) in [4.78, 5) is 50.2. The number of nitrogens with zero attached hydrogens (tertiary/aromatic N) is 1. The number of methoxy groups -OCH3 is 1. The Hall–Kier alpha value is -2.98. The van der Waals surface area contributed by atoms with Crippen LogP contribution >= 0.6 is 11.3 Å². The second-order valence-corrected chi connectivity index (χ2v) is 8.67. The molecule has 1 aliphatic carbocycles. The molecule has 10 heteroatoms. The number of aryl methyl sites for hydroxylation is 2. The number of ketones is 1. The number of hydrogen-bond donors (Lipinski definition) is 2. The summed E-state index contributed by atoms with van der Waals surface area (Å²) in [5.41, 5.74) is 2.02. The van der Waals surface area contributed by atoms with E-state index < -0.39 is 18.5 Å². The molecule has 0 unspecified atom stereocenters. The Kier molecular flexibility index (Phi) is 7.81. The van der Waals surface area contributed by atoms with Gasteiger partial charge < -0.3 is 24.7 Å². The maximum absolute atomic E-state index is 12.8. The van der Waals surface area contributed by atoms with E-state index in [0.29, 0.717) is 29.3 Å². The van der Waals surface area contributed by atoms with Gasteiger partial charge >= 0.3 is 5.97 Å². The zero-order chi connectivity index (χ0) is 23.3. The predicted octanol–water partition coefficient (Wildman–Crippen LogP) is 2.34. The maximum atomic E-state index is 12.8. The number of amides is 2. The number of rotatable bonds is 9. The Labute approximate surface area is 190 Å². The number of thiophene rings is 1. The highest BCUT2D eigenvalue weighted by Gasteiger charge is 2.26. The highest BCUT2D eigenvalue weighted by atomic mass is 32.1. The molecule has 0 bridgehead atoms. The van der Waals surface area contributed by atoms with Crippen molar-refractivity contribution in [1.29, 1.82) is 0 Å². The van der Waals surface area contributed by atoms with Crippen molar-refractivity contribution in [2.45, 2.75) is 32.6 Å². The second kappa shape index (κ2) is 10.6. The molecule has 172 valence electrons. The Morgan fingerprint density at radius 2 is 1.94 bits per heavy atom. The number of nitrogens with one attached hydrogen (secondary N) is 2. The molecule has 2 aromatic rings. The largest absolute Gasteiger partial charge is 0.451 e. The minimum Gasteiger partial charge on any atom is -0.451 e. The Bertz CT molecular complexity index is 1040. The molecule has 2 heterocycles. The van der Waals surface area contributed by atoms with E-state index in [9.17, 15) is 19.2 Å². The van der Waals surface area contributed by atoms with Gasteiger partial charge in [0.25, 0.3) is 11.8 Å². The van der Waals surface area contributed by atoms with Crippen LogP contribution in [0.1, 0.15) is 61.4 Å². The molecule has 0 saturated carbocycles. The molecule has 32 heavy (non-hydrogen) atoms. The lowest BCUT2D eigenvalue weighted by Crippen LogP contribution is -2.29. The zero-order valence-corrected chi connectivity index (χ0v) is 19.2. The Morgan fingerprint density at radius 1 is 1.19 bits per heavy atom. The van der Waals surface area contributed by atoms with Crippen LogP contribution in [0.2, 0.25) is 0 Å². The van der Waals surface area contributed by atoms with Crippen LogP contribution in [0.3, 0.4) is 0 Å². The first-order valence-electron chi connectivity index (χ1n) is 10.4. The van der Waals surface area contributed by atoms with Gasteiger partial charge in [-0.05, 0) is 44.2 Å². The average Bonchev–Trinajstić information content (AvgIpc) is 3.32. The smallest absolute Gasteiger partial charge is 0.355 e. The minimum absolute atomic E-state index is 0.171. The summed E-state index contributed by atoms with van der Waals surface area (Å²) in [6.45, 7) is 1.65. The van der Waals surface area contributed by atoms with E-state index in [1.165, 1.54) is 35.1 Å². The molecule has 0 radical (unpaired) electrons. The van der Waals surface area contributed by atoms with E-state index in [4.69, 9.17) is 9.47 Å². The number of ether oxygens (including phenoxy) is 2. The summed E-state index contributed by atoms with van der Waals surface area (Å²) >= 11 is 1.39. The molecule has 0 spiro atoms. The number of aromatic nitrogens is 1. The fraction of sp³-hybridized carbons (Fsp3) is 0.455. The molecule has 0 atom stereocenters. The molecule has 2 amide bonds. The molecule has 0 aliphatic heterocycles. The zero-order valence-electron chi connectivity index (χ0n) is 18.4. The molecular weight excluding hydrogens is 434 g/mol. The monoisotopic (exact) mass is 461 g/mol. The van der Waals surface area contributed by atoms with Crippen LogP contribution in [-0.2, 0) is 34.2 Å². The van der Waals surface area contributed by atoms with Gasteiger partial charge in [0.1, 0.15) is 10.7 Å². The van der Waals surface area contributed by atoms with Gasteiger partial charge in [-0.3, -0.25) is 14.4 Å². The predicted molar refractivity (Wildman–Crippen MR) is 119 cm³/mol. The van der Waals surface area contributed by atoms with E-state index in [1.807, 2.05) is 0 Å². The van der Waals surface area contributed by atoms with Crippen molar-refractivity contribution in [3.05, 3.63) is 39.5 Å². The fourth-order valence-corrected chi connectivity index (χ4v) is 4.88. The van der Waals surface area contributed by atoms with Gasteiger partial charge in [0, 0.05) is 37.3 Å². The standard InChI is InChI=1S/C22H27N3O6S/c1-13(26)14-10-16(25(2)11-14)22(29)31-12-18(27)24-21-19(20(28)23-8-9-30-3)15-6-4-5-7-17(15)32-21/h10-11H,4-9,12H2,1-3H3,(H,23,28)(H,24,27). The van der Waals surface area contributed by atoms with Crippen LogP contribution in [0.15, 0.2) is 12.3 Å². The van der Waals surface area contributed by atoms with E-state index in [1.54, 1.807) is 14.2 Å². The lowest BCUT2D eigenvalue weighted by molar-refractivity contribution is -0.119. The van der Waals surface area contributed by atoms with E-state index >= 15 is 0 Å². The first-order valence-corrected chi connectivity index (χ1v) is 11.2. The van der Waals surface area contributed by atoms with E-state index in [-0.39, 0.29) is 17.4 Å². The molecule has 0 fully saturated rings. The molecular formula is C22H27N3O6S. The number of carbonyl (C=O) groups is 4. The summed E-state index contributed by atoms with van der Waals surface area (Å²) < 4.78 is 11.6. The van der Waals surface area contributed by atoms with Crippen LogP contribution in [0.5, 0.6) is 0 Å². The van der Waals surface area contributed by atoms with Crippen LogP contribution in [0.25, 0.3) is 0 Å². The number of carbonyl (C=O) groups excluding carboxylic acids is 4. The topological polar surface area (TPSA) is 116 Å². The quantitative estimate of drug-likeness (QED) is 0.336. The summed E-state index contributed by atoms with van der Waals surface area (Å²) in [6, 6.07) is 1.43. The van der Waals surface area contributed by atoms with Crippen molar-refractivity contribution in [2.75, 3.05) is 32.2 Å². The third kappa shape index (κ3) is 5.43. The number of esters is 1. The van der Waals surface area contributed by atoms with Crippen molar-refractivity contribution in [3.63, 3.8) is 0 Å². The summed E-state index contributed by atoms with van der Waals surface area (Å²) in [5.74, 6) is -1.67. The maximum Gasteiger partial charge on any atom is 0.355 e. The van der Waals surface area contributed by atoms with Crippen molar-refractivity contribution in [1.82, 2.24) is 9.88 Å². The lowest BCUT2D eigenvalue weighted by atomic mass is 9.95. The van der Waals surface area contributed by atoms with Gasteiger partial charge in [0.05, 0.1) is 12.2 Å². The summed E-state index contributed by atoms with van der Waals surface area (Å²) in [6.07, 6.45) is 5.22. The number of Topliss-reactive ketones (excluding diaryl/α,β-unsaturated/α-hetero) is 1.